The summed E-state index contributed by atoms with van der Waals surface area (Å²) in [4.78, 5) is 15.9. The molecule has 5 nitrogen and oxygen atoms in total. The minimum Gasteiger partial charge on any atom is -0.489 e. The third-order valence-electron chi connectivity index (χ3n) is 4.59. The van der Waals surface area contributed by atoms with Crippen molar-refractivity contribution in [3.05, 3.63) is 60.2 Å². The Morgan fingerprint density at radius 3 is 2.15 bits per heavy atom. The van der Waals surface area contributed by atoms with Crippen molar-refractivity contribution in [3.8, 4) is 5.75 Å². The van der Waals surface area contributed by atoms with Crippen LogP contribution >= 0.6 is 0 Å². The summed E-state index contributed by atoms with van der Waals surface area (Å²) in [5.41, 5.74) is 7.55. The van der Waals surface area contributed by atoms with Crippen LogP contribution in [0.15, 0.2) is 54.6 Å². The monoisotopic (exact) mass is 369 g/mol. The van der Waals surface area contributed by atoms with Gasteiger partial charge in [0.05, 0.1) is 0 Å². The summed E-state index contributed by atoms with van der Waals surface area (Å²) >= 11 is 0. The molecule has 0 aliphatic rings. The summed E-state index contributed by atoms with van der Waals surface area (Å²) in [6.45, 7) is 11.4. The van der Waals surface area contributed by atoms with Crippen LogP contribution in [-0.4, -0.2) is 36.1 Å². The molecule has 2 N–H and O–H groups in total. The number of likely N-dealkylation sites (N-methyl/N-ethyl adjacent to an activating group) is 1. The number of hydrogen-bond donors (Lipinski definition) is 1. The highest BCUT2D eigenvalue weighted by Crippen LogP contribution is 2.21. The fourth-order valence-electron chi connectivity index (χ4n) is 3.02. The van der Waals surface area contributed by atoms with Crippen LogP contribution in [0.25, 0.3) is 0 Å². The fraction of sp³-hybridized carbons (Fsp3) is 0.409. The average molecular weight is 370 g/mol. The minimum atomic E-state index is -0.446. The maximum atomic E-state index is 11.9. The zero-order valence-electron chi connectivity index (χ0n) is 16.8. The summed E-state index contributed by atoms with van der Waals surface area (Å²) in [7, 11) is 0. The molecule has 0 unspecified atom stereocenters. The first-order chi connectivity index (χ1) is 12.8. The van der Waals surface area contributed by atoms with Crippen LogP contribution in [0.5, 0.6) is 5.75 Å². The van der Waals surface area contributed by atoms with Gasteiger partial charge in [-0.3, -0.25) is 9.80 Å². The van der Waals surface area contributed by atoms with Crippen molar-refractivity contribution in [3.63, 3.8) is 0 Å². The van der Waals surface area contributed by atoms with Gasteiger partial charge in [-0.05, 0) is 57.1 Å². The van der Waals surface area contributed by atoms with E-state index in [1.807, 2.05) is 54.6 Å². The summed E-state index contributed by atoms with van der Waals surface area (Å²) in [5.74, 6) is 0.761. The van der Waals surface area contributed by atoms with E-state index in [-0.39, 0.29) is 5.54 Å². The van der Waals surface area contributed by atoms with Crippen molar-refractivity contribution in [1.82, 2.24) is 4.90 Å². The molecule has 0 saturated carbocycles. The number of amides is 2. The lowest BCUT2D eigenvalue weighted by Gasteiger charge is -2.36. The molecule has 27 heavy (non-hydrogen) atoms. The van der Waals surface area contributed by atoms with Gasteiger partial charge in [0.2, 0.25) is 0 Å². The van der Waals surface area contributed by atoms with E-state index in [0.717, 1.165) is 30.1 Å². The van der Waals surface area contributed by atoms with Crippen molar-refractivity contribution in [2.75, 3.05) is 24.5 Å². The molecule has 0 spiro atoms. The molecule has 5 heteroatoms. The molecule has 0 heterocycles. The number of anilines is 1. The second kappa shape index (κ2) is 9.42. The van der Waals surface area contributed by atoms with E-state index in [4.69, 9.17) is 10.5 Å². The molecule has 0 saturated heterocycles. The van der Waals surface area contributed by atoms with Gasteiger partial charge in [0.15, 0.2) is 0 Å². The maximum Gasteiger partial charge on any atom is 0.319 e. The second-order valence-electron chi connectivity index (χ2n) is 7.51. The molecule has 146 valence electrons. The first kappa shape index (κ1) is 20.8. The Morgan fingerprint density at radius 1 is 1.00 bits per heavy atom. The summed E-state index contributed by atoms with van der Waals surface area (Å²) in [6, 6.07) is 17.1. The molecule has 2 rings (SSSR count). The molecular formula is C22H31N3O2. The van der Waals surface area contributed by atoms with Gasteiger partial charge in [-0.25, -0.2) is 4.79 Å². The summed E-state index contributed by atoms with van der Waals surface area (Å²) in [6.07, 6.45) is 0. The van der Waals surface area contributed by atoms with Crippen LogP contribution < -0.4 is 15.4 Å². The first-order valence-electron chi connectivity index (χ1n) is 9.40. The number of benzene rings is 2. The standard InChI is InChI=1S/C22H31N3O2/c1-5-24(22(2,3)4)15-16-25(21(23)26)19-11-13-20(14-12-19)27-17-18-9-7-6-8-10-18/h6-14H,5,15-17H2,1-4H3,(H2,23,26). The molecule has 0 radical (unpaired) electrons. The third-order valence-corrected chi connectivity index (χ3v) is 4.59. The molecule has 0 atom stereocenters. The first-order valence-corrected chi connectivity index (χ1v) is 9.40. The Labute approximate surface area is 162 Å². The Hall–Kier alpha value is -2.53. The second-order valence-corrected chi connectivity index (χ2v) is 7.51. The zero-order chi connectivity index (χ0) is 19.9. The van der Waals surface area contributed by atoms with Crippen molar-refractivity contribution in [2.45, 2.75) is 39.8 Å². The van der Waals surface area contributed by atoms with Crippen molar-refractivity contribution in [1.29, 1.82) is 0 Å². The number of ether oxygens (including phenoxy) is 1. The number of carbonyl (C=O) groups excluding carboxylic acids is 1. The van der Waals surface area contributed by atoms with Gasteiger partial charge in [0, 0.05) is 24.3 Å². The van der Waals surface area contributed by atoms with Crippen molar-refractivity contribution >= 4 is 11.7 Å². The van der Waals surface area contributed by atoms with Crippen LogP contribution in [0.4, 0.5) is 10.5 Å². The number of nitrogens with zero attached hydrogens (tertiary/aromatic N) is 2. The van der Waals surface area contributed by atoms with Gasteiger partial charge < -0.3 is 10.5 Å². The Morgan fingerprint density at radius 2 is 1.63 bits per heavy atom. The number of primary amides is 1. The largest absolute Gasteiger partial charge is 0.489 e. The van der Waals surface area contributed by atoms with Crippen LogP contribution in [0.1, 0.15) is 33.3 Å². The molecule has 0 bridgehead atoms. The quantitative estimate of drug-likeness (QED) is 0.756. The molecule has 2 amide bonds. The SMILES string of the molecule is CCN(CCN(C(N)=O)c1ccc(OCc2ccccc2)cc1)C(C)(C)C. The van der Waals surface area contributed by atoms with E-state index >= 15 is 0 Å². The van der Waals surface area contributed by atoms with Gasteiger partial charge in [-0.1, -0.05) is 37.3 Å². The van der Waals surface area contributed by atoms with Crippen LogP contribution in [0, 0.1) is 0 Å². The van der Waals surface area contributed by atoms with E-state index < -0.39 is 6.03 Å². The minimum absolute atomic E-state index is 0.0488. The highest BCUT2D eigenvalue weighted by atomic mass is 16.5. The lowest BCUT2D eigenvalue weighted by molar-refractivity contribution is 0.149. The van der Waals surface area contributed by atoms with E-state index in [0.29, 0.717) is 13.2 Å². The van der Waals surface area contributed by atoms with Gasteiger partial charge in [0.1, 0.15) is 12.4 Å². The maximum absolute atomic E-state index is 11.9. The predicted molar refractivity (Wildman–Crippen MR) is 111 cm³/mol. The molecule has 2 aromatic carbocycles. The van der Waals surface area contributed by atoms with Crippen molar-refractivity contribution < 1.29 is 9.53 Å². The van der Waals surface area contributed by atoms with E-state index in [1.54, 1.807) is 4.90 Å². The predicted octanol–water partition coefficient (Wildman–Crippen LogP) is 4.27. The van der Waals surface area contributed by atoms with E-state index in [2.05, 4.69) is 32.6 Å². The number of urea groups is 1. The molecular weight excluding hydrogens is 338 g/mol. The Kier molecular flexibility index (Phi) is 7.25. The van der Waals surface area contributed by atoms with Gasteiger partial charge in [-0.15, -0.1) is 0 Å². The molecule has 0 fully saturated rings. The van der Waals surface area contributed by atoms with Gasteiger partial charge in [0.25, 0.3) is 0 Å². The molecule has 2 aromatic rings. The van der Waals surface area contributed by atoms with Crippen LogP contribution in [-0.2, 0) is 6.61 Å². The summed E-state index contributed by atoms with van der Waals surface area (Å²) < 4.78 is 5.80. The van der Waals surface area contributed by atoms with Crippen LogP contribution in [0.2, 0.25) is 0 Å². The Balaban J connectivity index is 1.99. The third kappa shape index (κ3) is 6.29. The normalized spacial score (nSPS) is 11.4. The van der Waals surface area contributed by atoms with E-state index in [9.17, 15) is 4.79 Å². The number of nitrogens with two attached hydrogens (primary N) is 1. The summed E-state index contributed by atoms with van der Waals surface area (Å²) in [5, 5.41) is 0. The lowest BCUT2D eigenvalue weighted by atomic mass is 10.1. The number of hydrogen-bond acceptors (Lipinski definition) is 3. The van der Waals surface area contributed by atoms with Crippen molar-refractivity contribution in [2.24, 2.45) is 5.73 Å². The average Bonchev–Trinajstić information content (AvgIpc) is 2.64. The lowest BCUT2D eigenvalue weighted by Crippen LogP contribution is -2.47. The number of rotatable bonds is 8. The molecule has 0 aliphatic carbocycles. The molecule has 0 aromatic heterocycles. The van der Waals surface area contributed by atoms with Gasteiger partial charge in [-0.2, -0.15) is 0 Å². The number of carbonyl (C=O) groups is 1. The smallest absolute Gasteiger partial charge is 0.319 e. The highest BCUT2D eigenvalue weighted by molar-refractivity contribution is 5.90. The Bertz CT molecular complexity index is 709. The molecule has 0 aliphatic heterocycles. The topological polar surface area (TPSA) is 58.8 Å². The van der Waals surface area contributed by atoms with E-state index in [1.165, 1.54) is 0 Å². The van der Waals surface area contributed by atoms with Crippen LogP contribution in [0.3, 0.4) is 0 Å². The highest BCUT2D eigenvalue weighted by Gasteiger charge is 2.21. The van der Waals surface area contributed by atoms with Gasteiger partial charge >= 0.3 is 6.03 Å². The fourth-order valence-corrected chi connectivity index (χ4v) is 3.02. The zero-order valence-corrected chi connectivity index (χ0v) is 16.8.